The minimum atomic E-state index is -0.587. The summed E-state index contributed by atoms with van der Waals surface area (Å²) >= 11 is 0. The van der Waals surface area contributed by atoms with E-state index in [1.807, 2.05) is 49.4 Å². The van der Waals surface area contributed by atoms with Crippen LogP contribution in [0.4, 0.5) is 0 Å². The highest BCUT2D eigenvalue weighted by Crippen LogP contribution is 2.27. The number of aliphatic hydroxyl groups excluding tert-OH is 1. The molecule has 0 aliphatic carbocycles. The lowest BCUT2D eigenvalue weighted by Crippen LogP contribution is -2.30. The molecule has 3 aromatic rings. The number of carbonyl (C=O) groups excluding carboxylic acids is 1. The number of amides is 1. The standard InChI is InChI=1S/C21H22N2O2/c1-13-8-9-16(14(2)10-13)20-11-18(21(25)22-12-15(3)24)17-6-4-5-7-19(17)23-20/h4-11,15,24H,12H2,1-3H3,(H,22,25). The summed E-state index contributed by atoms with van der Waals surface area (Å²) in [6, 6.07) is 15.6. The van der Waals surface area contributed by atoms with Gasteiger partial charge in [0.15, 0.2) is 0 Å². The molecule has 128 valence electrons. The third-order valence-electron chi connectivity index (χ3n) is 4.18. The summed E-state index contributed by atoms with van der Waals surface area (Å²) in [5.74, 6) is -0.203. The summed E-state index contributed by atoms with van der Waals surface area (Å²) < 4.78 is 0. The van der Waals surface area contributed by atoms with E-state index in [0.29, 0.717) is 5.56 Å². The van der Waals surface area contributed by atoms with Crippen LogP contribution >= 0.6 is 0 Å². The lowest BCUT2D eigenvalue weighted by Gasteiger charge is -2.13. The fourth-order valence-electron chi connectivity index (χ4n) is 2.94. The van der Waals surface area contributed by atoms with E-state index in [1.54, 1.807) is 6.92 Å². The van der Waals surface area contributed by atoms with Gasteiger partial charge in [-0.25, -0.2) is 4.98 Å². The van der Waals surface area contributed by atoms with Crippen LogP contribution in [0.1, 0.15) is 28.4 Å². The summed E-state index contributed by atoms with van der Waals surface area (Å²) in [7, 11) is 0. The highest BCUT2D eigenvalue weighted by atomic mass is 16.3. The van der Waals surface area contributed by atoms with Gasteiger partial charge in [0.25, 0.3) is 5.91 Å². The fourth-order valence-corrected chi connectivity index (χ4v) is 2.94. The predicted octanol–water partition coefficient (Wildman–Crippen LogP) is 3.63. The first-order chi connectivity index (χ1) is 12.0. The number of fused-ring (bicyclic) bond motifs is 1. The SMILES string of the molecule is Cc1ccc(-c2cc(C(=O)NCC(C)O)c3ccccc3n2)c(C)c1. The zero-order valence-corrected chi connectivity index (χ0v) is 14.7. The maximum atomic E-state index is 12.6. The van der Waals surface area contributed by atoms with Crippen LogP contribution in [0.5, 0.6) is 0 Å². The van der Waals surface area contributed by atoms with Crippen LogP contribution in [-0.4, -0.2) is 28.6 Å². The molecule has 1 heterocycles. The van der Waals surface area contributed by atoms with Gasteiger partial charge in [-0.1, -0.05) is 42.0 Å². The predicted molar refractivity (Wildman–Crippen MR) is 101 cm³/mol. The molecule has 0 fully saturated rings. The number of nitrogens with zero attached hydrogens (tertiary/aromatic N) is 1. The Morgan fingerprint density at radius 2 is 1.92 bits per heavy atom. The van der Waals surface area contributed by atoms with E-state index >= 15 is 0 Å². The molecular weight excluding hydrogens is 312 g/mol. The van der Waals surface area contributed by atoms with E-state index in [9.17, 15) is 9.90 Å². The molecule has 2 aromatic carbocycles. The molecule has 4 heteroatoms. The molecule has 0 aliphatic heterocycles. The summed E-state index contributed by atoms with van der Waals surface area (Å²) in [4.78, 5) is 17.4. The lowest BCUT2D eigenvalue weighted by atomic mass is 9.99. The Morgan fingerprint density at radius 3 is 2.64 bits per heavy atom. The quantitative estimate of drug-likeness (QED) is 0.766. The van der Waals surface area contributed by atoms with Crippen molar-refractivity contribution in [3.63, 3.8) is 0 Å². The Kier molecular flexibility index (Phi) is 4.81. The molecule has 1 amide bonds. The maximum Gasteiger partial charge on any atom is 0.252 e. The second kappa shape index (κ2) is 7.03. The average molecular weight is 334 g/mol. The van der Waals surface area contributed by atoms with Crippen LogP contribution in [-0.2, 0) is 0 Å². The number of rotatable bonds is 4. The molecule has 0 saturated carbocycles. The van der Waals surface area contributed by atoms with Gasteiger partial charge in [-0.3, -0.25) is 4.79 Å². The monoisotopic (exact) mass is 334 g/mol. The molecule has 3 rings (SSSR count). The molecule has 1 aromatic heterocycles. The topological polar surface area (TPSA) is 62.2 Å². The van der Waals surface area contributed by atoms with Crippen molar-refractivity contribution in [3.05, 3.63) is 65.2 Å². The summed E-state index contributed by atoms with van der Waals surface area (Å²) in [5, 5.41) is 13.0. The smallest absolute Gasteiger partial charge is 0.252 e. The van der Waals surface area contributed by atoms with Gasteiger partial charge in [0.1, 0.15) is 0 Å². The molecular formula is C21H22N2O2. The number of benzene rings is 2. The molecule has 0 aliphatic rings. The van der Waals surface area contributed by atoms with E-state index in [1.165, 1.54) is 5.56 Å². The molecule has 0 saturated heterocycles. The van der Waals surface area contributed by atoms with Crippen LogP contribution in [0.25, 0.3) is 22.2 Å². The van der Waals surface area contributed by atoms with Crippen LogP contribution < -0.4 is 5.32 Å². The molecule has 4 nitrogen and oxygen atoms in total. The maximum absolute atomic E-state index is 12.6. The van der Waals surface area contributed by atoms with Crippen molar-refractivity contribution in [1.29, 1.82) is 0 Å². The highest BCUT2D eigenvalue weighted by Gasteiger charge is 2.15. The number of nitrogens with one attached hydrogen (secondary N) is 1. The number of hydrogen-bond donors (Lipinski definition) is 2. The minimum Gasteiger partial charge on any atom is -0.392 e. The van der Waals surface area contributed by atoms with E-state index in [0.717, 1.165) is 27.7 Å². The number of aromatic nitrogens is 1. The molecule has 25 heavy (non-hydrogen) atoms. The Balaban J connectivity index is 2.13. The molecule has 0 spiro atoms. The fraction of sp³-hybridized carbons (Fsp3) is 0.238. The summed E-state index contributed by atoms with van der Waals surface area (Å²) in [6.45, 7) is 5.96. The normalized spacial score (nSPS) is 12.2. The largest absolute Gasteiger partial charge is 0.392 e. The molecule has 1 atom stereocenters. The number of para-hydroxylation sites is 1. The van der Waals surface area contributed by atoms with Crippen molar-refractivity contribution in [2.24, 2.45) is 0 Å². The number of carbonyl (C=O) groups is 1. The minimum absolute atomic E-state index is 0.203. The number of pyridine rings is 1. The second-order valence-electron chi connectivity index (χ2n) is 6.45. The van der Waals surface area contributed by atoms with Crippen molar-refractivity contribution in [3.8, 4) is 11.3 Å². The second-order valence-corrected chi connectivity index (χ2v) is 6.45. The van der Waals surface area contributed by atoms with E-state index in [4.69, 9.17) is 4.98 Å². The average Bonchev–Trinajstić information content (AvgIpc) is 2.58. The van der Waals surface area contributed by atoms with Gasteiger partial charge in [-0.05, 0) is 38.5 Å². The Labute approximate surface area is 147 Å². The first kappa shape index (κ1) is 17.1. The van der Waals surface area contributed by atoms with Gasteiger partial charge >= 0.3 is 0 Å². The first-order valence-electron chi connectivity index (χ1n) is 8.39. The number of hydrogen-bond acceptors (Lipinski definition) is 3. The zero-order valence-electron chi connectivity index (χ0n) is 14.7. The lowest BCUT2D eigenvalue weighted by molar-refractivity contribution is 0.0925. The van der Waals surface area contributed by atoms with Gasteiger partial charge in [0, 0.05) is 17.5 Å². The van der Waals surface area contributed by atoms with Gasteiger partial charge < -0.3 is 10.4 Å². The van der Waals surface area contributed by atoms with Gasteiger partial charge in [-0.2, -0.15) is 0 Å². The summed E-state index contributed by atoms with van der Waals surface area (Å²) in [6.07, 6.45) is -0.587. The molecule has 0 bridgehead atoms. The molecule has 0 radical (unpaired) electrons. The Hall–Kier alpha value is -2.72. The van der Waals surface area contributed by atoms with Crippen molar-refractivity contribution in [2.75, 3.05) is 6.54 Å². The van der Waals surface area contributed by atoms with Crippen molar-refractivity contribution < 1.29 is 9.90 Å². The van der Waals surface area contributed by atoms with Gasteiger partial charge in [0.2, 0.25) is 0 Å². The highest BCUT2D eigenvalue weighted by molar-refractivity contribution is 6.07. The third-order valence-corrected chi connectivity index (χ3v) is 4.18. The first-order valence-corrected chi connectivity index (χ1v) is 8.39. The molecule has 1 unspecified atom stereocenters. The van der Waals surface area contributed by atoms with Crippen LogP contribution in [0.3, 0.4) is 0 Å². The van der Waals surface area contributed by atoms with E-state index < -0.39 is 6.10 Å². The van der Waals surface area contributed by atoms with E-state index in [2.05, 4.69) is 18.3 Å². The Morgan fingerprint density at radius 1 is 1.16 bits per heavy atom. The van der Waals surface area contributed by atoms with Gasteiger partial charge in [-0.15, -0.1) is 0 Å². The van der Waals surface area contributed by atoms with E-state index in [-0.39, 0.29) is 12.5 Å². The van der Waals surface area contributed by atoms with Crippen LogP contribution in [0, 0.1) is 13.8 Å². The van der Waals surface area contributed by atoms with Crippen molar-refractivity contribution in [2.45, 2.75) is 26.9 Å². The Bertz CT molecular complexity index is 932. The van der Waals surface area contributed by atoms with Crippen LogP contribution in [0.15, 0.2) is 48.5 Å². The van der Waals surface area contributed by atoms with Crippen molar-refractivity contribution in [1.82, 2.24) is 10.3 Å². The van der Waals surface area contributed by atoms with Gasteiger partial charge in [0.05, 0.1) is 22.9 Å². The number of aliphatic hydroxyl groups is 1. The number of aryl methyl sites for hydroxylation is 2. The third kappa shape index (κ3) is 3.69. The summed E-state index contributed by atoms with van der Waals surface area (Å²) in [5.41, 5.74) is 5.46. The zero-order chi connectivity index (χ0) is 18.0. The van der Waals surface area contributed by atoms with Crippen molar-refractivity contribution >= 4 is 16.8 Å². The molecule has 2 N–H and O–H groups in total. The van der Waals surface area contributed by atoms with Crippen LogP contribution in [0.2, 0.25) is 0 Å².